The Hall–Kier alpha value is -0.870. The Kier molecular flexibility index (Phi) is 3.54. The third-order valence-electron chi connectivity index (χ3n) is 3.27. The van der Waals surface area contributed by atoms with E-state index in [1.807, 2.05) is 18.7 Å². The van der Waals surface area contributed by atoms with Crippen LogP contribution in [-0.2, 0) is 11.3 Å². The molecular weight excluding hydrogens is 232 g/mol. The Bertz CT molecular complexity index is 382. The van der Waals surface area contributed by atoms with Crippen LogP contribution in [-0.4, -0.2) is 23.4 Å². The summed E-state index contributed by atoms with van der Waals surface area (Å²) >= 11 is 1.68. The number of nitrogens with zero attached hydrogens (tertiary/aromatic N) is 1. The minimum Gasteiger partial charge on any atom is -0.335 e. The van der Waals surface area contributed by atoms with Crippen molar-refractivity contribution >= 4 is 17.2 Å². The van der Waals surface area contributed by atoms with E-state index >= 15 is 0 Å². The molecule has 3 nitrogen and oxygen atoms in total. The smallest absolute Gasteiger partial charge is 0.230 e. The van der Waals surface area contributed by atoms with Gasteiger partial charge in [0.1, 0.15) is 0 Å². The topological polar surface area (TPSA) is 46.3 Å². The summed E-state index contributed by atoms with van der Waals surface area (Å²) in [6.07, 6.45) is 2.27. The average molecular weight is 252 g/mol. The molecule has 1 aromatic heterocycles. The molecule has 0 spiro atoms. The van der Waals surface area contributed by atoms with Crippen LogP contribution in [0.2, 0.25) is 0 Å². The van der Waals surface area contributed by atoms with E-state index in [1.165, 1.54) is 5.56 Å². The van der Waals surface area contributed by atoms with Gasteiger partial charge in [0.2, 0.25) is 5.91 Å². The van der Waals surface area contributed by atoms with Gasteiger partial charge in [-0.05, 0) is 49.1 Å². The van der Waals surface area contributed by atoms with Crippen LogP contribution in [0.15, 0.2) is 16.8 Å². The number of rotatable bonds is 5. The van der Waals surface area contributed by atoms with Crippen LogP contribution < -0.4 is 5.73 Å². The van der Waals surface area contributed by atoms with Gasteiger partial charge in [-0.25, -0.2) is 0 Å². The Morgan fingerprint density at radius 3 is 2.76 bits per heavy atom. The molecule has 4 heteroatoms. The van der Waals surface area contributed by atoms with Crippen molar-refractivity contribution in [3.8, 4) is 0 Å². The second kappa shape index (κ2) is 4.78. The average Bonchev–Trinajstić information content (AvgIpc) is 3.03. The fourth-order valence-electron chi connectivity index (χ4n) is 1.81. The van der Waals surface area contributed by atoms with Crippen molar-refractivity contribution < 1.29 is 4.79 Å². The minimum atomic E-state index is -0.446. The second-order valence-electron chi connectivity index (χ2n) is 5.38. The molecule has 1 aliphatic carbocycles. The Labute approximate surface area is 107 Å². The quantitative estimate of drug-likeness (QED) is 0.873. The van der Waals surface area contributed by atoms with Gasteiger partial charge in [0, 0.05) is 19.1 Å². The highest BCUT2D eigenvalue weighted by Gasteiger charge is 2.38. The second-order valence-corrected chi connectivity index (χ2v) is 6.16. The molecule has 2 N–H and O–H groups in total. The van der Waals surface area contributed by atoms with Crippen LogP contribution in [0.3, 0.4) is 0 Å². The molecule has 1 amide bonds. The highest BCUT2D eigenvalue weighted by molar-refractivity contribution is 7.07. The van der Waals surface area contributed by atoms with Crippen LogP contribution in [0.5, 0.6) is 0 Å². The molecule has 0 aliphatic heterocycles. The predicted octanol–water partition coefficient (Wildman–Crippen LogP) is 2.22. The molecule has 0 unspecified atom stereocenters. The molecule has 2 rings (SSSR count). The van der Waals surface area contributed by atoms with Crippen LogP contribution in [0, 0.1) is 5.41 Å². The standard InChI is InChI=1S/C13H20N2OS/c1-13(2,9-14)12(16)15(11-3-4-11)7-10-5-6-17-8-10/h5-6,8,11H,3-4,7,9,14H2,1-2H3. The highest BCUT2D eigenvalue weighted by Crippen LogP contribution is 2.32. The first-order valence-corrected chi connectivity index (χ1v) is 7.01. The first-order valence-electron chi connectivity index (χ1n) is 6.07. The molecule has 0 saturated heterocycles. The molecule has 1 saturated carbocycles. The van der Waals surface area contributed by atoms with E-state index in [0.29, 0.717) is 12.6 Å². The normalized spacial score (nSPS) is 15.9. The highest BCUT2D eigenvalue weighted by atomic mass is 32.1. The number of nitrogens with two attached hydrogens (primary N) is 1. The maximum atomic E-state index is 12.5. The lowest BCUT2D eigenvalue weighted by Gasteiger charge is -2.31. The van der Waals surface area contributed by atoms with E-state index in [-0.39, 0.29) is 5.91 Å². The van der Waals surface area contributed by atoms with Crippen molar-refractivity contribution in [1.82, 2.24) is 4.90 Å². The number of hydrogen-bond acceptors (Lipinski definition) is 3. The third kappa shape index (κ3) is 2.87. The first kappa shape index (κ1) is 12.6. The number of amides is 1. The molecule has 1 fully saturated rings. The van der Waals surface area contributed by atoms with Gasteiger partial charge in [-0.15, -0.1) is 0 Å². The van der Waals surface area contributed by atoms with Gasteiger partial charge < -0.3 is 10.6 Å². The van der Waals surface area contributed by atoms with Crippen molar-refractivity contribution in [3.05, 3.63) is 22.4 Å². The lowest BCUT2D eigenvalue weighted by Crippen LogP contribution is -2.45. The SMILES string of the molecule is CC(C)(CN)C(=O)N(Cc1ccsc1)C1CC1. The van der Waals surface area contributed by atoms with E-state index < -0.39 is 5.41 Å². The van der Waals surface area contributed by atoms with Crippen molar-refractivity contribution in [3.63, 3.8) is 0 Å². The summed E-state index contributed by atoms with van der Waals surface area (Å²) in [6.45, 7) is 4.99. The number of thiophene rings is 1. The van der Waals surface area contributed by atoms with Crippen LogP contribution in [0.4, 0.5) is 0 Å². The summed E-state index contributed by atoms with van der Waals surface area (Å²) in [5.41, 5.74) is 6.47. The van der Waals surface area contributed by atoms with Gasteiger partial charge in [-0.1, -0.05) is 0 Å². The Morgan fingerprint density at radius 2 is 2.29 bits per heavy atom. The summed E-state index contributed by atoms with van der Waals surface area (Å²) in [6, 6.07) is 2.52. The summed E-state index contributed by atoms with van der Waals surface area (Å²) in [5, 5.41) is 4.16. The molecule has 0 radical (unpaired) electrons. The molecule has 0 atom stereocenters. The zero-order valence-electron chi connectivity index (χ0n) is 10.5. The molecule has 94 valence electrons. The number of carbonyl (C=O) groups is 1. The van der Waals surface area contributed by atoms with Crippen LogP contribution in [0.1, 0.15) is 32.3 Å². The van der Waals surface area contributed by atoms with E-state index in [4.69, 9.17) is 5.73 Å². The van der Waals surface area contributed by atoms with Crippen LogP contribution in [0.25, 0.3) is 0 Å². The maximum Gasteiger partial charge on any atom is 0.230 e. The van der Waals surface area contributed by atoms with Crippen molar-refractivity contribution in [2.75, 3.05) is 6.54 Å². The maximum absolute atomic E-state index is 12.5. The van der Waals surface area contributed by atoms with Crippen molar-refractivity contribution in [2.45, 2.75) is 39.3 Å². The largest absolute Gasteiger partial charge is 0.335 e. The van der Waals surface area contributed by atoms with Gasteiger partial charge in [0.15, 0.2) is 0 Å². The number of hydrogen-bond donors (Lipinski definition) is 1. The van der Waals surface area contributed by atoms with Gasteiger partial charge in [-0.2, -0.15) is 11.3 Å². The molecule has 1 heterocycles. The zero-order valence-corrected chi connectivity index (χ0v) is 11.3. The Balaban J connectivity index is 2.10. The zero-order chi connectivity index (χ0) is 12.5. The first-order chi connectivity index (χ1) is 8.04. The molecule has 0 aromatic carbocycles. The minimum absolute atomic E-state index is 0.189. The molecular formula is C13H20N2OS. The monoisotopic (exact) mass is 252 g/mol. The fourth-order valence-corrected chi connectivity index (χ4v) is 2.47. The molecule has 17 heavy (non-hydrogen) atoms. The van der Waals surface area contributed by atoms with Crippen LogP contribution >= 0.6 is 11.3 Å². The Morgan fingerprint density at radius 1 is 1.59 bits per heavy atom. The van der Waals surface area contributed by atoms with E-state index in [2.05, 4.69) is 16.8 Å². The van der Waals surface area contributed by atoms with Gasteiger partial charge >= 0.3 is 0 Å². The van der Waals surface area contributed by atoms with Gasteiger partial charge in [-0.3, -0.25) is 4.79 Å². The van der Waals surface area contributed by atoms with Gasteiger partial charge in [0.25, 0.3) is 0 Å². The lowest BCUT2D eigenvalue weighted by atomic mass is 9.91. The van der Waals surface area contributed by atoms with E-state index in [1.54, 1.807) is 11.3 Å². The summed E-state index contributed by atoms with van der Waals surface area (Å²) < 4.78 is 0. The molecule has 1 aliphatic rings. The van der Waals surface area contributed by atoms with Crippen molar-refractivity contribution in [1.29, 1.82) is 0 Å². The van der Waals surface area contributed by atoms with Crippen molar-refractivity contribution in [2.24, 2.45) is 11.1 Å². The fraction of sp³-hybridized carbons (Fsp3) is 0.615. The van der Waals surface area contributed by atoms with E-state index in [0.717, 1.165) is 19.4 Å². The van der Waals surface area contributed by atoms with Gasteiger partial charge in [0.05, 0.1) is 5.41 Å². The number of carbonyl (C=O) groups excluding carboxylic acids is 1. The predicted molar refractivity (Wildman–Crippen MR) is 70.7 cm³/mol. The third-order valence-corrected chi connectivity index (χ3v) is 4.00. The summed E-state index contributed by atoms with van der Waals surface area (Å²) in [7, 11) is 0. The van der Waals surface area contributed by atoms with E-state index in [9.17, 15) is 4.79 Å². The lowest BCUT2D eigenvalue weighted by molar-refractivity contribution is -0.141. The molecule has 1 aromatic rings. The summed E-state index contributed by atoms with van der Waals surface area (Å²) in [4.78, 5) is 14.5. The summed E-state index contributed by atoms with van der Waals surface area (Å²) in [5.74, 6) is 0.189. The molecule has 0 bridgehead atoms.